The van der Waals surface area contributed by atoms with Gasteiger partial charge >= 0.3 is 0 Å². The van der Waals surface area contributed by atoms with E-state index < -0.39 is 0 Å². The van der Waals surface area contributed by atoms with E-state index in [1.165, 1.54) is 0 Å². The van der Waals surface area contributed by atoms with Gasteiger partial charge in [0.2, 0.25) is 5.95 Å². The van der Waals surface area contributed by atoms with Crippen LogP contribution in [-0.2, 0) is 0 Å². The molecule has 0 radical (unpaired) electrons. The number of rotatable bonds is 2. The van der Waals surface area contributed by atoms with Crippen LogP contribution in [0.15, 0.2) is 41.8 Å². The Morgan fingerprint density at radius 1 is 1.00 bits per heavy atom. The molecule has 3 nitrogen and oxygen atoms in total. The van der Waals surface area contributed by atoms with Crippen LogP contribution >= 0.6 is 11.3 Å². The van der Waals surface area contributed by atoms with Gasteiger partial charge in [0.05, 0.1) is 5.69 Å². The van der Waals surface area contributed by atoms with Crippen molar-refractivity contribution in [1.82, 2.24) is 9.97 Å². The van der Waals surface area contributed by atoms with Crippen LogP contribution in [0.5, 0.6) is 0 Å². The molecule has 3 rings (SSSR count). The second kappa shape index (κ2) is 4.38. The van der Waals surface area contributed by atoms with Crippen LogP contribution in [0, 0.1) is 0 Å². The van der Waals surface area contributed by atoms with Gasteiger partial charge in [-0.2, -0.15) is 0 Å². The smallest absolute Gasteiger partial charge is 0.226 e. The molecule has 2 heterocycles. The molecular formula is C14H13N3S. The lowest BCUT2D eigenvalue weighted by atomic mass is 10.1. The molecule has 0 N–H and O–H groups in total. The second-order valence-electron chi connectivity index (χ2n) is 4.27. The topological polar surface area (TPSA) is 29.0 Å². The van der Waals surface area contributed by atoms with E-state index in [2.05, 4.69) is 33.5 Å². The molecule has 0 amide bonds. The minimum Gasteiger partial charge on any atom is -0.347 e. The number of aromatic nitrogens is 2. The summed E-state index contributed by atoms with van der Waals surface area (Å²) in [5, 5.41) is 3.18. The van der Waals surface area contributed by atoms with Gasteiger partial charge in [0.25, 0.3) is 0 Å². The fourth-order valence-corrected chi connectivity index (χ4v) is 2.62. The fraction of sp³-hybridized carbons (Fsp3) is 0.143. The zero-order valence-corrected chi connectivity index (χ0v) is 11.1. The van der Waals surface area contributed by atoms with E-state index in [0.29, 0.717) is 0 Å². The van der Waals surface area contributed by atoms with Crippen LogP contribution in [0.2, 0.25) is 0 Å². The highest BCUT2D eigenvalue weighted by atomic mass is 32.1. The summed E-state index contributed by atoms with van der Waals surface area (Å²) in [6.07, 6.45) is 0. The molecule has 0 bridgehead atoms. The molecular weight excluding hydrogens is 242 g/mol. The minimum absolute atomic E-state index is 0.754. The maximum Gasteiger partial charge on any atom is 0.226 e. The van der Waals surface area contributed by atoms with Gasteiger partial charge in [-0.1, -0.05) is 30.3 Å². The van der Waals surface area contributed by atoms with E-state index in [-0.39, 0.29) is 0 Å². The summed E-state index contributed by atoms with van der Waals surface area (Å²) in [6.45, 7) is 0. The SMILES string of the molecule is CN(C)c1nc(-c2ccccc2)c2ccsc2n1. The Hall–Kier alpha value is -1.94. The number of hydrogen-bond donors (Lipinski definition) is 0. The predicted octanol–water partition coefficient (Wildman–Crippen LogP) is 3.42. The molecule has 0 spiro atoms. The lowest BCUT2D eigenvalue weighted by Gasteiger charge is -2.12. The van der Waals surface area contributed by atoms with E-state index in [1.807, 2.05) is 37.2 Å². The number of nitrogens with zero attached hydrogens (tertiary/aromatic N) is 3. The molecule has 0 unspecified atom stereocenters. The molecule has 18 heavy (non-hydrogen) atoms. The van der Waals surface area contributed by atoms with Crippen molar-refractivity contribution in [2.45, 2.75) is 0 Å². The van der Waals surface area contributed by atoms with Crippen molar-refractivity contribution in [3.8, 4) is 11.3 Å². The third-order valence-electron chi connectivity index (χ3n) is 2.76. The Labute approximate surface area is 110 Å². The van der Waals surface area contributed by atoms with Gasteiger partial charge in [0.1, 0.15) is 4.83 Å². The molecule has 2 aromatic heterocycles. The number of benzene rings is 1. The maximum absolute atomic E-state index is 4.66. The average molecular weight is 255 g/mol. The number of anilines is 1. The van der Waals surface area contributed by atoms with Gasteiger partial charge in [-0.25, -0.2) is 9.97 Å². The Morgan fingerprint density at radius 3 is 2.50 bits per heavy atom. The largest absolute Gasteiger partial charge is 0.347 e. The molecule has 0 aliphatic heterocycles. The van der Waals surface area contributed by atoms with Gasteiger partial charge in [-0.15, -0.1) is 11.3 Å². The van der Waals surface area contributed by atoms with E-state index in [9.17, 15) is 0 Å². The minimum atomic E-state index is 0.754. The first-order valence-electron chi connectivity index (χ1n) is 5.73. The van der Waals surface area contributed by atoms with Crippen LogP contribution in [0.1, 0.15) is 0 Å². The van der Waals surface area contributed by atoms with Crippen molar-refractivity contribution in [3.63, 3.8) is 0 Å². The van der Waals surface area contributed by atoms with Crippen LogP contribution in [0.25, 0.3) is 21.5 Å². The van der Waals surface area contributed by atoms with Gasteiger partial charge in [-0.05, 0) is 11.4 Å². The van der Waals surface area contributed by atoms with Crippen LogP contribution in [0.3, 0.4) is 0 Å². The fourth-order valence-electron chi connectivity index (χ4n) is 1.86. The maximum atomic E-state index is 4.66. The van der Waals surface area contributed by atoms with Crippen molar-refractivity contribution in [1.29, 1.82) is 0 Å². The zero-order valence-electron chi connectivity index (χ0n) is 10.3. The Kier molecular flexibility index (Phi) is 2.72. The second-order valence-corrected chi connectivity index (χ2v) is 5.17. The van der Waals surface area contributed by atoms with Gasteiger partial charge in [-0.3, -0.25) is 0 Å². The van der Waals surface area contributed by atoms with E-state index in [1.54, 1.807) is 11.3 Å². The highest BCUT2D eigenvalue weighted by molar-refractivity contribution is 7.16. The lowest BCUT2D eigenvalue weighted by molar-refractivity contribution is 1.02. The molecule has 0 saturated carbocycles. The van der Waals surface area contributed by atoms with Crippen LogP contribution < -0.4 is 4.90 Å². The summed E-state index contributed by atoms with van der Waals surface area (Å²) in [5.41, 5.74) is 2.14. The van der Waals surface area contributed by atoms with Crippen molar-refractivity contribution in [2.24, 2.45) is 0 Å². The molecule has 4 heteroatoms. The van der Waals surface area contributed by atoms with Gasteiger partial charge in [0, 0.05) is 25.0 Å². The first-order chi connectivity index (χ1) is 8.75. The summed E-state index contributed by atoms with van der Waals surface area (Å²) in [5.74, 6) is 0.754. The molecule has 0 atom stereocenters. The summed E-state index contributed by atoms with van der Waals surface area (Å²) in [6, 6.07) is 12.3. The zero-order chi connectivity index (χ0) is 12.5. The monoisotopic (exact) mass is 255 g/mol. The third-order valence-corrected chi connectivity index (χ3v) is 3.57. The molecule has 0 fully saturated rings. The molecule has 0 aliphatic carbocycles. The van der Waals surface area contributed by atoms with Gasteiger partial charge < -0.3 is 4.90 Å². The van der Waals surface area contributed by atoms with Crippen LogP contribution in [0.4, 0.5) is 5.95 Å². The van der Waals surface area contributed by atoms with Crippen molar-refractivity contribution < 1.29 is 0 Å². The van der Waals surface area contributed by atoms with Crippen molar-refractivity contribution in [3.05, 3.63) is 41.8 Å². The van der Waals surface area contributed by atoms with Gasteiger partial charge in [0.15, 0.2) is 0 Å². The lowest BCUT2D eigenvalue weighted by Crippen LogP contribution is -2.12. The summed E-state index contributed by atoms with van der Waals surface area (Å²) in [7, 11) is 3.92. The Morgan fingerprint density at radius 2 is 1.78 bits per heavy atom. The van der Waals surface area contributed by atoms with Crippen molar-refractivity contribution in [2.75, 3.05) is 19.0 Å². The summed E-state index contributed by atoms with van der Waals surface area (Å²) >= 11 is 1.65. The first-order valence-corrected chi connectivity index (χ1v) is 6.61. The average Bonchev–Trinajstić information content (AvgIpc) is 2.86. The van der Waals surface area contributed by atoms with Crippen LogP contribution in [-0.4, -0.2) is 24.1 Å². The molecule has 3 aromatic rings. The molecule has 0 aliphatic rings. The molecule has 0 saturated heterocycles. The summed E-state index contributed by atoms with van der Waals surface area (Å²) < 4.78 is 0. The number of thiophene rings is 1. The standard InChI is InChI=1S/C14H13N3S/c1-17(2)14-15-12(10-6-4-3-5-7-10)11-8-9-18-13(11)16-14/h3-9H,1-2H3. The first kappa shape index (κ1) is 11.2. The normalized spacial score (nSPS) is 10.8. The van der Waals surface area contributed by atoms with E-state index in [4.69, 9.17) is 0 Å². The quantitative estimate of drug-likeness (QED) is 0.702. The Balaban J connectivity index is 2.29. The highest BCUT2D eigenvalue weighted by Gasteiger charge is 2.11. The number of hydrogen-bond acceptors (Lipinski definition) is 4. The van der Waals surface area contributed by atoms with E-state index in [0.717, 1.165) is 27.4 Å². The molecule has 1 aromatic carbocycles. The third kappa shape index (κ3) is 1.84. The highest BCUT2D eigenvalue weighted by Crippen LogP contribution is 2.30. The van der Waals surface area contributed by atoms with Crippen molar-refractivity contribution >= 4 is 27.5 Å². The summed E-state index contributed by atoms with van der Waals surface area (Å²) in [4.78, 5) is 12.2. The number of fused-ring (bicyclic) bond motifs is 1. The van der Waals surface area contributed by atoms with E-state index >= 15 is 0 Å². The Bertz CT molecular complexity index is 674. The molecule has 90 valence electrons. The predicted molar refractivity (Wildman–Crippen MR) is 77.2 cm³/mol.